The van der Waals surface area contributed by atoms with Crippen LogP contribution in [0.3, 0.4) is 0 Å². The van der Waals surface area contributed by atoms with Gasteiger partial charge in [-0.25, -0.2) is 0 Å². The first-order valence-corrected chi connectivity index (χ1v) is 6.06. The van der Waals surface area contributed by atoms with Crippen molar-refractivity contribution < 1.29 is 9.90 Å². The molecule has 3 rings (SSSR count). The first-order chi connectivity index (χ1) is 9.69. The molecule has 94 valence electrons. The summed E-state index contributed by atoms with van der Waals surface area (Å²) in [5, 5.41) is 11.6. The monoisotopic (exact) mass is 258 g/mol. The third-order valence-corrected chi connectivity index (χ3v) is 3.44. The Morgan fingerprint density at radius 1 is 1.10 bits per heavy atom. The van der Waals surface area contributed by atoms with Crippen LogP contribution in [0.15, 0.2) is 43.0 Å². The molecule has 1 aliphatic carbocycles. The molecule has 0 bridgehead atoms. The van der Waals surface area contributed by atoms with Gasteiger partial charge in [-0.2, -0.15) is 0 Å². The third kappa shape index (κ3) is 1.45. The highest BCUT2D eigenvalue weighted by Crippen LogP contribution is 2.25. The van der Waals surface area contributed by atoms with E-state index in [0.717, 1.165) is 0 Å². The molecule has 0 heterocycles. The number of terminal acetylenes is 1. The second kappa shape index (κ2) is 4.28. The van der Waals surface area contributed by atoms with Gasteiger partial charge in [0, 0.05) is 32.7 Å². The summed E-state index contributed by atoms with van der Waals surface area (Å²) < 4.78 is 0. The van der Waals surface area contributed by atoms with Crippen LogP contribution in [0.2, 0.25) is 0 Å². The molecule has 0 aromatic heterocycles. The largest absolute Gasteiger partial charge is 0.507 e. The molecule has 1 aliphatic rings. The van der Waals surface area contributed by atoms with Crippen LogP contribution in [0.4, 0.5) is 0 Å². The molecule has 0 radical (unpaired) electrons. The van der Waals surface area contributed by atoms with Gasteiger partial charge in [0.25, 0.3) is 0 Å². The highest BCUT2D eigenvalue weighted by molar-refractivity contribution is 6.14. The van der Waals surface area contributed by atoms with Gasteiger partial charge in [0.05, 0.1) is 0 Å². The Hall–Kier alpha value is -3.01. The summed E-state index contributed by atoms with van der Waals surface area (Å²) in [5.74, 6) is 2.36. The zero-order valence-electron chi connectivity index (χ0n) is 10.6. The summed E-state index contributed by atoms with van der Waals surface area (Å²) >= 11 is 0. The highest BCUT2D eigenvalue weighted by atomic mass is 16.3. The van der Waals surface area contributed by atoms with Crippen LogP contribution < -0.4 is 10.4 Å². The zero-order valence-corrected chi connectivity index (χ0v) is 10.6. The van der Waals surface area contributed by atoms with Gasteiger partial charge in [-0.1, -0.05) is 36.8 Å². The molecule has 0 fully saturated rings. The second-order valence-electron chi connectivity index (χ2n) is 4.46. The van der Waals surface area contributed by atoms with E-state index in [9.17, 15) is 9.90 Å². The van der Waals surface area contributed by atoms with E-state index in [1.54, 1.807) is 36.4 Å². The molecule has 1 N–H and O–H groups in total. The molecule has 2 nitrogen and oxygen atoms in total. The van der Waals surface area contributed by atoms with E-state index in [1.165, 1.54) is 0 Å². The average Bonchev–Trinajstić information content (AvgIpc) is 2.50. The molecule has 0 aliphatic heterocycles. The van der Waals surface area contributed by atoms with Gasteiger partial charge in [-0.15, -0.1) is 12.2 Å². The lowest BCUT2D eigenvalue weighted by Crippen LogP contribution is -2.36. The minimum absolute atomic E-state index is 0.00917. The van der Waals surface area contributed by atoms with E-state index < -0.39 is 0 Å². The van der Waals surface area contributed by atoms with E-state index in [4.69, 9.17) is 6.42 Å². The summed E-state index contributed by atoms with van der Waals surface area (Å²) in [6, 6.07) is 10.3. The van der Waals surface area contributed by atoms with Gasteiger partial charge in [0.15, 0.2) is 5.78 Å². The maximum absolute atomic E-state index is 12.5. The quantitative estimate of drug-likeness (QED) is 0.727. The van der Waals surface area contributed by atoms with Crippen LogP contribution in [0.1, 0.15) is 27.0 Å². The number of benzene rings is 2. The number of rotatable bonds is 0. The number of aliphatic hydroxyl groups excluding tert-OH is 1. The summed E-state index contributed by atoms with van der Waals surface area (Å²) in [6.45, 7) is 3.60. The van der Waals surface area contributed by atoms with Crippen molar-refractivity contribution in [2.45, 2.75) is 0 Å². The SMILES string of the molecule is C#Cc1cccc2c1C(O)=c1c(cccc1=C=C)C2=O. The van der Waals surface area contributed by atoms with Crippen molar-refractivity contribution in [1.82, 2.24) is 0 Å². The Morgan fingerprint density at radius 2 is 1.80 bits per heavy atom. The van der Waals surface area contributed by atoms with Crippen LogP contribution in [0.25, 0.3) is 11.5 Å². The lowest BCUT2D eigenvalue weighted by Gasteiger charge is -2.16. The Bertz CT molecular complexity index is 936. The molecule has 0 saturated carbocycles. The molecule has 2 aromatic rings. The van der Waals surface area contributed by atoms with Crippen molar-refractivity contribution in [3.63, 3.8) is 0 Å². The number of carbonyl (C=O) groups excluding carboxylic acids is 1. The number of hydrogen-bond donors (Lipinski definition) is 1. The van der Waals surface area contributed by atoms with Crippen molar-refractivity contribution in [3.8, 4) is 12.3 Å². The minimum atomic E-state index is -0.151. The predicted molar refractivity (Wildman–Crippen MR) is 77.7 cm³/mol. The Balaban J connectivity index is 2.65. The third-order valence-electron chi connectivity index (χ3n) is 3.44. The molecule has 0 atom stereocenters. The zero-order chi connectivity index (χ0) is 14.3. The fraction of sp³-hybridized carbons (Fsp3) is 0. The van der Waals surface area contributed by atoms with Gasteiger partial charge in [0.2, 0.25) is 0 Å². The summed E-state index contributed by atoms with van der Waals surface area (Å²) in [7, 11) is 0. The van der Waals surface area contributed by atoms with Crippen molar-refractivity contribution in [2.75, 3.05) is 0 Å². The van der Waals surface area contributed by atoms with Crippen molar-refractivity contribution in [2.24, 2.45) is 0 Å². The molecule has 20 heavy (non-hydrogen) atoms. The Labute approximate surface area is 116 Å². The van der Waals surface area contributed by atoms with Gasteiger partial charge in [0.1, 0.15) is 5.76 Å². The topological polar surface area (TPSA) is 37.3 Å². The van der Waals surface area contributed by atoms with E-state index in [-0.39, 0.29) is 11.5 Å². The van der Waals surface area contributed by atoms with Crippen LogP contribution in [-0.4, -0.2) is 10.9 Å². The van der Waals surface area contributed by atoms with Crippen LogP contribution in [0.5, 0.6) is 0 Å². The smallest absolute Gasteiger partial charge is 0.194 e. The van der Waals surface area contributed by atoms with E-state index in [0.29, 0.717) is 32.7 Å². The van der Waals surface area contributed by atoms with Crippen molar-refractivity contribution >= 4 is 17.3 Å². The number of aliphatic hydroxyl groups is 1. The number of carbonyl (C=O) groups is 1. The number of fused-ring (bicyclic) bond motifs is 2. The van der Waals surface area contributed by atoms with Gasteiger partial charge < -0.3 is 5.11 Å². The Morgan fingerprint density at radius 3 is 2.50 bits per heavy atom. The van der Waals surface area contributed by atoms with E-state index in [2.05, 4.69) is 18.2 Å². The number of ketones is 1. The summed E-state index contributed by atoms with van der Waals surface area (Å²) in [6.07, 6.45) is 5.46. The van der Waals surface area contributed by atoms with Crippen LogP contribution in [-0.2, 0) is 0 Å². The van der Waals surface area contributed by atoms with Crippen LogP contribution >= 0.6 is 0 Å². The second-order valence-corrected chi connectivity index (χ2v) is 4.46. The summed E-state index contributed by atoms with van der Waals surface area (Å²) in [5.41, 5.74) is 4.52. The summed E-state index contributed by atoms with van der Waals surface area (Å²) in [4.78, 5) is 12.5. The standard InChI is InChI=1S/C18H10O2/c1-3-11-7-5-9-13-15(11)18(20)16-12(4-2)8-6-10-14(16)17(13)19/h1,5-10,20H,2H2. The fourth-order valence-corrected chi connectivity index (χ4v) is 2.53. The molecular weight excluding hydrogens is 248 g/mol. The highest BCUT2D eigenvalue weighted by Gasteiger charge is 2.25. The van der Waals surface area contributed by atoms with Gasteiger partial charge in [-0.3, -0.25) is 4.79 Å². The molecular formula is C18H10O2. The fourth-order valence-electron chi connectivity index (χ4n) is 2.53. The molecule has 0 unspecified atom stereocenters. The molecule has 2 heteroatoms. The van der Waals surface area contributed by atoms with E-state index in [1.807, 2.05) is 0 Å². The first-order valence-electron chi connectivity index (χ1n) is 6.06. The van der Waals surface area contributed by atoms with Gasteiger partial charge in [-0.05, 0) is 12.1 Å². The molecule has 0 amide bonds. The lowest BCUT2D eigenvalue weighted by molar-refractivity contribution is 0.103. The van der Waals surface area contributed by atoms with Crippen molar-refractivity contribution in [1.29, 1.82) is 0 Å². The maximum atomic E-state index is 12.5. The first kappa shape index (κ1) is 12.0. The number of hydrogen-bond acceptors (Lipinski definition) is 2. The van der Waals surface area contributed by atoms with E-state index >= 15 is 0 Å². The minimum Gasteiger partial charge on any atom is -0.507 e. The normalized spacial score (nSPS) is 12.2. The Kier molecular flexibility index (Phi) is 2.57. The lowest BCUT2D eigenvalue weighted by atomic mass is 9.86. The molecule has 0 spiro atoms. The maximum Gasteiger partial charge on any atom is 0.194 e. The van der Waals surface area contributed by atoms with Crippen molar-refractivity contribution in [3.05, 3.63) is 75.7 Å². The molecule has 0 saturated heterocycles. The molecule has 2 aromatic carbocycles. The van der Waals surface area contributed by atoms with Gasteiger partial charge >= 0.3 is 0 Å². The predicted octanol–water partition coefficient (Wildman–Crippen LogP) is 1.49. The average molecular weight is 258 g/mol. The van der Waals surface area contributed by atoms with Crippen LogP contribution in [0, 0.1) is 12.3 Å².